The molecule has 1 aliphatic rings. The number of aromatic nitrogens is 1. The molecule has 3 N–H and O–H groups in total. The van der Waals surface area contributed by atoms with E-state index in [1.165, 1.54) is 16.3 Å². The molecule has 0 fully saturated rings. The first kappa shape index (κ1) is 20.2. The summed E-state index contributed by atoms with van der Waals surface area (Å²) in [6.45, 7) is 5.00. The Kier molecular flexibility index (Phi) is 4.89. The van der Waals surface area contributed by atoms with Crippen molar-refractivity contribution in [2.24, 2.45) is 10.9 Å². The second kappa shape index (κ2) is 7.75. The van der Waals surface area contributed by atoms with Crippen LogP contribution in [0.3, 0.4) is 0 Å². The zero-order valence-electron chi connectivity index (χ0n) is 19.1. The molecule has 0 aliphatic carbocycles. The molecule has 1 aromatic heterocycles. The number of amidine groups is 1. The number of aliphatic imine (C=N–C) groups is 1. The van der Waals surface area contributed by atoms with Gasteiger partial charge >= 0.3 is 0 Å². The van der Waals surface area contributed by atoms with E-state index in [9.17, 15) is 0 Å². The van der Waals surface area contributed by atoms with Crippen molar-refractivity contribution in [1.29, 1.82) is 0 Å². The standard InChI is InChI=1S/C27H29N5/c1-17(2)14-22(29-3)27-30-26-21-15-19-12-8-9-13-20(19)23(18-10-6-5-7-11-18)24(21)25(28)32(26)16-31(27)4/h5-15,17,29H,16,28H2,1-4H3/b22-14-. The number of benzene rings is 3. The molecule has 0 unspecified atom stereocenters. The second-order valence-corrected chi connectivity index (χ2v) is 8.75. The molecule has 5 heteroatoms. The van der Waals surface area contributed by atoms with Crippen LogP contribution >= 0.6 is 0 Å². The maximum absolute atomic E-state index is 6.82. The van der Waals surface area contributed by atoms with Gasteiger partial charge < -0.3 is 16.0 Å². The van der Waals surface area contributed by atoms with Gasteiger partial charge in [-0.25, -0.2) is 4.99 Å². The van der Waals surface area contributed by atoms with Crippen LogP contribution in [0.4, 0.5) is 11.6 Å². The largest absolute Gasteiger partial charge is 0.385 e. The lowest BCUT2D eigenvalue weighted by Gasteiger charge is -2.29. The van der Waals surface area contributed by atoms with E-state index in [1.807, 2.05) is 13.1 Å². The number of nitrogens with two attached hydrogens (primary N) is 1. The summed E-state index contributed by atoms with van der Waals surface area (Å²) in [5.41, 5.74) is 10.2. The van der Waals surface area contributed by atoms with Crippen molar-refractivity contribution in [3.63, 3.8) is 0 Å². The van der Waals surface area contributed by atoms with Crippen molar-refractivity contribution in [2.45, 2.75) is 20.5 Å². The van der Waals surface area contributed by atoms with Gasteiger partial charge in [-0.3, -0.25) is 4.57 Å². The molecule has 1 aliphatic heterocycles. The van der Waals surface area contributed by atoms with Crippen LogP contribution in [0.2, 0.25) is 0 Å². The van der Waals surface area contributed by atoms with E-state index in [-0.39, 0.29) is 0 Å². The van der Waals surface area contributed by atoms with Crippen molar-refractivity contribution in [3.05, 3.63) is 72.4 Å². The van der Waals surface area contributed by atoms with Gasteiger partial charge in [0.25, 0.3) is 0 Å². The van der Waals surface area contributed by atoms with Crippen LogP contribution in [0.15, 0.2) is 77.4 Å². The maximum atomic E-state index is 6.82. The van der Waals surface area contributed by atoms with Crippen molar-refractivity contribution in [3.8, 4) is 11.1 Å². The van der Waals surface area contributed by atoms with Crippen LogP contribution in [0.5, 0.6) is 0 Å². The van der Waals surface area contributed by atoms with Gasteiger partial charge in [-0.2, -0.15) is 0 Å². The fourth-order valence-corrected chi connectivity index (χ4v) is 4.69. The van der Waals surface area contributed by atoms with Gasteiger partial charge in [0, 0.05) is 30.4 Å². The van der Waals surface area contributed by atoms with Gasteiger partial charge in [-0.15, -0.1) is 0 Å². The van der Waals surface area contributed by atoms with E-state index in [1.54, 1.807) is 0 Å². The number of nitrogens with zero attached hydrogens (tertiary/aromatic N) is 3. The van der Waals surface area contributed by atoms with Gasteiger partial charge in [0.15, 0.2) is 5.84 Å². The Hall–Kier alpha value is -3.73. The summed E-state index contributed by atoms with van der Waals surface area (Å²) in [6.07, 6.45) is 2.21. The molecule has 0 radical (unpaired) electrons. The first-order valence-corrected chi connectivity index (χ1v) is 11.1. The van der Waals surface area contributed by atoms with E-state index in [0.29, 0.717) is 12.6 Å². The molecule has 0 amide bonds. The lowest BCUT2D eigenvalue weighted by Crippen LogP contribution is -2.37. The zero-order chi connectivity index (χ0) is 22.4. The monoisotopic (exact) mass is 423 g/mol. The third-order valence-electron chi connectivity index (χ3n) is 6.09. The van der Waals surface area contributed by atoms with Gasteiger partial charge in [-0.05, 0) is 28.3 Å². The van der Waals surface area contributed by atoms with Crippen LogP contribution in [0.25, 0.3) is 32.7 Å². The molecule has 162 valence electrons. The predicted octanol–water partition coefficient (Wildman–Crippen LogP) is 5.74. The van der Waals surface area contributed by atoms with E-state index >= 15 is 0 Å². The number of allylic oxidation sites excluding steroid dienone is 1. The molecule has 0 saturated heterocycles. The van der Waals surface area contributed by atoms with Crippen LogP contribution < -0.4 is 11.1 Å². The lowest BCUT2D eigenvalue weighted by atomic mass is 9.93. The quantitative estimate of drug-likeness (QED) is 0.440. The van der Waals surface area contributed by atoms with E-state index < -0.39 is 0 Å². The molecule has 0 spiro atoms. The van der Waals surface area contributed by atoms with Gasteiger partial charge in [0.1, 0.15) is 11.6 Å². The molecule has 2 heterocycles. The van der Waals surface area contributed by atoms with Gasteiger partial charge in [-0.1, -0.05) is 74.5 Å². The number of anilines is 1. The third-order valence-corrected chi connectivity index (χ3v) is 6.09. The molecule has 5 rings (SSSR count). The normalized spacial score (nSPS) is 14.2. The highest BCUT2D eigenvalue weighted by Gasteiger charge is 2.26. The summed E-state index contributed by atoms with van der Waals surface area (Å²) >= 11 is 0. The Morgan fingerprint density at radius 1 is 1.06 bits per heavy atom. The summed E-state index contributed by atoms with van der Waals surface area (Å²) in [6, 6.07) is 21.3. The maximum Gasteiger partial charge on any atom is 0.155 e. The zero-order valence-corrected chi connectivity index (χ0v) is 19.1. The van der Waals surface area contributed by atoms with Gasteiger partial charge in [0.05, 0.1) is 12.4 Å². The number of nitrogen functional groups attached to an aromatic ring is 1. The summed E-state index contributed by atoms with van der Waals surface area (Å²) in [5.74, 6) is 3.02. The van der Waals surface area contributed by atoms with Crippen LogP contribution in [0, 0.1) is 5.92 Å². The highest BCUT2D eigenvalue weighted by Crippen LogP contribution is 2.45. The Balaban J connectivity index is 1.87. The minimum Gasteiger partial charge on any atom is -0.385 e. The molecular weight excluding hydrogens is 394 g/mol. The molecule has 0 saturated carbocycles. The summed E-state index contributed by atoms with van der Waals surface area (Å²) < 4.78 is 2.13. The number of likely N-dealkylation sites (N-methyl/N-ethyl adjacent to an activating group) is 2. The first-order valence-electron chi connectivity index (χ1n) is 11.1. The SMILES string of the molecule is CN/C(=C\C(C)C)C1=Nc2c3cc4ccccc4c(-c4ccccc4)c3c(N)n2CN1C. The van der Waals surface area contributed by atoms with Gasteiger partial charge in [0.2, 0.25) is 0 Å². The number of hydrogen-bond donors (Lipinski definition) is 2. The minimum absolute atomic E-state index is 0.415. The number of hydrogen-bond acceptors (Lipinski definition) is 4. The Morgan fingerprint density at radius 3 is 2.50 bits per heavy atom. The van der Waals surface area contributed by atoms with Crippen LogP contribution in [-0.4, -0.2) is 29.4 Å². The Morgan fingerprint density at radius 2 is 1.78 bits per heavy atom. The summed E-state index contributed by atoms with van der Waals surface area (Å²) in [4.78, 5) is 7.28. The first-order chi connectivity index (χ1) is 15.5. The average molecular weight is 424 g/mol. The minimum atomic E-state index is 0.415. The predicted molar refractivity (Wildman–Crippen MR) is 136 cm³/mol. The lowest BCUT2D eigenvalue weighted by molar-refractivity contribution is 0.396. The Bertz CT molecular complexity index is 1380. The number of fused-ring (bicyclic) bond motifs is 4. The van der Waals surface area contributed by atoms with Crippen molar-refractivity contribution < 1.29 is 0 Å². The van der Waals surface area contributed by atoms with E-state index in [4.69, 9.17) is 10.7 Å². The van der Waals surface area contributed by atoms with Crippen molar-refractivity contribution in [1.82, 2.24) is 14.8 Å². The molecule has 0 atom stereocenters. The van der Waals surface area contributed by atoms with Crippen LogP contribution in [0.1, 0.15) is 13.8 Å². The van der Waals surface area contributed by atoms with E-state index in [0.717, 1.165) is 39.5 Å². The fourth-order valence-electron chi connectivity index (χ4n) is 4.69. The molecule has 0 bridgehead atoms. The molecule has 3 aromatic carbocycles. The smallest absolute Gasteiger partial charge is 0.155 e. The highest BCUT2D eigenvalue weighted by molar-refractivity contribution is 6.20. The Labute approximate surface area is 188 Å². The summed E-state index contributed by atoms with van der Waals surface area (Å²) in [5, 5.41) is 7.89. The average Bonchev–Trinajstić information content (AvgIpc) is 3.06. The number of rotatable bonds is 4. The molecule has 5 nitrogen and oxygen atoms in total. The van der Waals surface area contributed by atoms with Crippen LogP contribution in [-0.2, 0) is 6.67 Å². The molecule has 32 heavy (non-hydrogen) atoms. The highest BCUT2D eigenvalue weighted by atomic mass is 15.4. The van der Waals surface area contributed by atoms with Crippen molar-refractivity contribution in [2.75, 3.05) is 19.8 Å². The molecular formula is C27H29N5. The number of nitrogens with one attached hydrogen (secondary N) is 1. The topological polar surface area (TPSA) is 58.6 Å². The van der Waals surface area contributed by atoms with E-state index in [2.05, 4.69) is 96.4 Å². The third kappa shape index (κ3) is 3.12. The molecule has 4 aromatic rings. The van der Waals surface area contributed by atoms with Crippen molar-refractivity contribution >= 4 is 39.0 Å². The summed E-state index contributed by atoms with van der Waals surface area (Å²) in [7, 11) is 4.01. The second-order valence-electron chi connectivity index (χ2n) is 8.75. The fraction of sp³-hybridized carbons (Fsp3) is 0.222.